The van der Waals surface area contributed by atoms with Crippen LogP contribution in [0, 0.1) is 15.9 Å². The molecule has 1 saturated carbocycles. The van der Waals surface area contributed by atoms with Crippen LogP contribution < -0.4 is 10.6 Å². The van der Waals surface area contributed by atoms with Gasteiger partial charge >= 0.3 is 0 Å². The quantitative estimate of drug-likeness (QED) is 0.640. The number of nitro groups is 1. The highest BCUT2D eigenvalue weighted by molar-refractivity contribution is 5.92. The number of carbonyl (C=O) groups is 1. The fourth-order valence-corrected chi connectivity index (χ4v) is 2.28. The maximum Gasteiger partial charge on any atom is 0.272 e. The number of hydrogen-bond donors (Lipinski definition) is 2. The normalized spacial score (nSPS) is 15.2. The number of benzene rings is 1. The predicted molar refractivity (Wildman–Crippen MR) is 71.9 cm³/mol. The third kappa shape index (κ3) is 3.74. The van der Waals surface area contributed by atoms with Gasteiger partial charge in [0.05, 0.1) is 23.2 Å². The number of nitrogens with zero attached hydrogens (tertiary/aromatic N) is 1. The van der Waals surface area contributed by atoms with Gasteiger partial charge in [-0.2, -0.15) is 0 Å². The van der Waals surface area contributed by atoms with Gasteiger partial charge in [0.2, 0.25) is 5.91 Å². The number of halogens is 1. The molecule has 2 rings (SSSR count). The summed E-state index contributed by atoms with van der Waals surface area (Å²) < 4.78 is 13.6. The molecule has 0 saturated heterocycles. The van der Waals surface area contributed by atoms with E-state index in [9.17, 15) is 19.3 Å². The molecule has 0 bridgehead atoms. The second kappa shape index (κ2) is 6.42. The fraction of sp³-hybridized carbons (Fsp3) is 0.462. The number of amides is 1. The number of rotatable bonds is 5. The first-order chi connectivity index (χ1) is 9.56. The number of hydrogen-bond acceptors (Lipinski definition) is 4. The van der Waals surface area contributed by atoms with E-state index in [0.717, 1.165) is 37.8 Å². The van der Waals surface area contributed by atoms with Crippen LogP contribution in [0.4, 0.5) is 15.8 Å². The van der Waals surface area contributed by atoms with Crippen molar-refractivity contribution in [2.45, 2.75) is 31.7 Å². The topological polar surface area (TPSA) is 84.3 Å². The van der Waals surface area contributed by atoms with Crippen LogP contribution >= 0.6 is 0 Å². The van der Waals surface area contributed by atoms with E-state index in [1.165, 1.54) is 6.07 Å². The molecule has 0 spiro atoms. The highest BCUT2D eigenvalue weighted by Crippen LogP contribution is 2.20. The summed E-state index contributed by atoms with van der Waals surface area (Å²) in [5.41, 5.74) is -0.390. The van der Waals surface area contributed by atoms with Crippen molar-refractivity contribution in [2.75, 3.05) is 11.9 Å². The molecule has 1 aliphatic rings. The largest absolute Gasteiger partial charge is 0.322 e. The van der Waals surface area contributed by atoms with Gasteiger partial charge in [-0.15, -0.1) is 0 Å². The lowest BCUT2D eigenvalue weighted by molar-refractivity contribution is -0.385. The number of carbonyl (C=O) groups excluding carboxylic acids is 1. The third-order valence-electron chi connectivity index (χ3n) is 3.34. The van der Waals surface area contributed by atoms with Crippen molar-refractivity contribution in [3.8, 4) is 0 Å². The van der Waals surface area contributed by atoms with E-state index >= 15 is 0 Å². The highest BCUT2D eigenvalue weighted by Gasteiger charge is 2.16. The van der Waals surface area contributed by atoms with E-state index in [1.54, 1.807) is 0 Å². The molecule has 20 heavy (non-hydrogen) atoms. The van der Waals surface area contributed by atoms with E-state index in [0.29, 0.717) is 6.04 Å². The Hall–Kier alpha value is -2.02. The summed E-state index contributed by atoms with van der Waals surface area (Å²) in [6.07, 6.45) is 4.44. The summed E-state index contributed by atoms with van der Waals surface area (Å²) in [5.74, 6) is -1.17. The van der Waals surface area contributed by atoms with Crippen LogP contribution in [-0.4, -0.2) is 23.4 Å². The van der Waals surface area contributed by atoms with Gasteiger partial charge in [0.25, 0.3) is 5.69 Å². The van der Waals surface area contributed by atoms with Gasteiger partial charge in [-0.1, -0.05) is 12.8 Å². The summed E-state index contributed by atoms with van der Waals surface area (Å²) >= 11 is 0. The van der Waals surface area contributed by atoms with Gasteiger partial charge in [0.15, 0.2) is 5.82 Å². The molecule has 1 aromatic rings. The maximum atomic E-state index is 13.6. The first-order valence-corrected chi connectivity index (χ1v) is 6.53. The van der Waals surface area contributed by atoms with Crippen molar-refractivity contribution in [2.24, 2.45) is 0 Å². The number of nitro benzene ring substituents is 1. The van der Waals surface area contributed by atoms with Gasteiger partial charge in [-0.05, 0) is 18.9 Å². The summed E-state index contributed by atoms with van der Waals surface area (Å²) in [4.78, 5) is 21.5. The molecular formula is C13H16FN3O3. The van der Waals surface area contributed by atoms with Crippen LogP contribution in [0.5, 0.6) is 0 Å². The molecule has 1 aromatic carbocycles. The van der Waals surface area contributed by atoms with E-state index < -0.39 is 10.7 Å². The molecule has 1 fully saturated rings. The Bertz CT molecular complexity index is 516. The summed E-state index contributed by atoms with van der Waals surface area (Å²) in [6, 6.07) is 3.49. The van der Waals surface area contributed by atoms with Gasteiger partial charge in [-0.25, -0.2) is 4.39 Å². The molecule has 2 N–H and O–H groups in total. The van der Waals surface area contributed by atoms with Crippen LogP contribution in [0.1, 0.15) is 25.7 Å². The minimum absolute atomic E-state index is 0.0474. The summed E-state index contributed by atoms with van der Waals surface area (Å²) in [6.45, 7) is 0.112. The molecule has 1 aliphatic carbocycles. The molecule has 7 heteroatoms. The SMILES string of the molecule is O=C(CNC1CCCC1)Nc1ccc([N+](=O)[O-])cc1F. The highest BCUT2D eigenvalue weighted by atomic mass is 19.1. The van der Waals surface area contributed by atoms with Crippen molar-refractivity contribution < 1.29 is 14.1 Å². The van der Waals surface area contributed by atoms with Crippen molar-refractivity contribution in [1.82, 2.24) is 5.32 Å². The zero-order valence-electron chi connectivity index (χ0n) is 10.9. The first-order valence-electron chi connectivity index (χ1n) is 6.53. The third-order valence-corrected chi connectivity index (χ3v) is 3.34. The lowest BCUT2D eigenvalue weighted by Gasteiger charge is -2.12. The minimum atomic E-state index is -0.812. The van der Waals surface area contributed by atoms with Crippen LogP contribution in [-0.2, 0) is 4.79 Å². The van der Waals surface area contributed by atoms with Gasteiger partial charge in [0.1, 0.15) is 0 Å². The average molecular weight is 281 g/mol. The molecular weight excluding hydrogens is 265 g/mol. The first kappa shape index (κ1) is 14.4. The Kier molecular flexibility index (Phi) is 4.62. The average Bonchev–Trinajstić information content (AvgIpc) is 2.91. The Morgan fingerprint density at radius 3 is 2.70 bits per heavy atom. The predicted octanol–water partition coefficient (Wildman–Crippen LogP) is 2.20. The molecule has 1 amide bonds. The van der Waals surface area contributed by atoms with E-state index in [-0.39, 0.29) is 23.8 Å². The fourth-order valence-electron chi connectivity index (χ4n) is 2.28. The standard InChI is InChI=1S/C13H16FN3O3/c14-11-7-10(17(19)20)5-6-12(11)16-13(18)8-15-9-3-1-2-4-9/h5-7,9,15H,1-4,8H2,(H,16,18). The lowest BCUT2D eigenvalue weighted by atomic mass is 10.2. The monoisotopic (exact) mass is 281 g/mol. The van der Waals surface area contributed by atoms with Gasteiger partial charge in [-0.3, -0.25) is 14.9 Å². The van der Waals surface area contributed by atoms with Crippen LogP contribution in [0.3, 0.4) is 0 Å². The Morgan fingerprint density at radius 1 is 1.40 bits per heavy atom. The minimum Gasteiger partial charge on any atom is -0.322 e. The molecule has 108 valence electrons. The molecule has 0 radical (unpaired) electrons. The lowest BCUT2D eigenvalue weighted by Crippen LogP contribution is -2.34. The van der Waals surface area contributed by atoms with Crippen LogP contribution in [0.15, 0.2) is 18.2 Å². The molecule has 0 unspecified atom stereocenters. The second-order valence-corrected chi connectivity index (χ2v) is 4.83. The Labute approximate surface area is 115 Å². The van der Waals surface area contributed by atoms with Crippen LogP contribution in [0.2, 0.25) is 0 Å². The van der Waals surface area contributed by atoms with E-state index in [2.05, 4.69) is 10.6 Å². The molecule has 0 heterocycles. The molecule has 0 aromatic heterocycles. The van der Waals surface area contributed by atoms with Crippen molar-refractivity contribution in [3.05, 3.63) is 34.1 Å². The van der Waals surface area contributed by atoms with Crippen molar-refractivity contribution in [3.63, 3.8) is 0 Å². The van der Waals surface area contributed by atoms with Crippen molar-refractivity contribution >= 4 is 17.3 Å². The smallest absolute Gasteiger partial charge is 0.272 e. The maximum absolute atomic E-state index is 13.6. The summed E-state index contributed by atoms with van der Waals surface area (Å²) in [5, 5.41) is 16.0. The van der Waals surface area contributed by atoms with E-state index in [4.69, 9.17) is 0 Å². The zero-order valence-corrected chi connectivity index (χ0v) is 10.9. The molecule has 0 aliphatic heterocycles. The number of anilines is 1. The van der Waals surface area contributed by atoms with Crippen LogP contribution in [0.25, 0.3) is 0 Å². The van der Waals surface area contributed by atoms with Crippen molar-refractivity contribution in [1.29, 1.82) is 0 Å². The van der Waals surface area contributed by atoms with Gasteiger partial charge < -0.3 is 10.6 Å². The zero-order chi connectivity index (χ0) is 14.5. The Balaban J connectivity index is 1.88. The van der Waals surface area contributed by atoms with E-state index in [1.807, 2.05) is 0 Å². The van der Waals surface area contributed by atoms with Gasteiger partial charge in [0, 0.05) is 12.1 Å². The Morgan fingerprint density at radius 2 is 2.10 bits per heavy atom. The molecule has 0 atom stereocenters. The number of non-ortho nitro benzene ring substituents is 1. The summed E-state index contributed by atoms with van der Waals surface area (Å²) in [7, 11) is 0. The second-order valence-electron chi connectivity index (χ2n) is 4.83. The molecule has 6 nitrogen and oxygen atoms in total. The number of nitrogens with one attached hydrogen (secondary N) is 2.